The fraction of sp³-hybridized carbons (Fsp3) is 0.750. The Balaban J connectivity index is 0.000000137. The molecule has 14 rings (SSSR count). The van der Waals surface area contributed by atoms with Gasteiger partial charge in [-0.05, 0) is 190 Å². The minimum atomic E-state index is -1.54. The van der Waals surface area contributed by atoms with Gasteiger partial charge in [0, 0.05) is 71.0 Å². The first-order valence-corrected chi connectivity index (χ1v) is 27.2. The smallest absolute Gasteiger partial charge is 0.260 e. The Hall–Kier alpha value is -3.46. The maximum atomic E-state index is 14.2. The molecule has 380 valence electrons. The van der Waals surface area contributed by atoms with E-state index in [1.54, 1.807) is 21.9 Å². The minimum Gasteiger partial charge on any atom is -0.490 e. The number of halogens is 4. The predicted octanol–water partition coefficient (Wildman–Crippen LogP) is 8.89. The fourth-order valence-corrected chi connectivity index (χ4v) is 15.2. The molecule has 6 aliphatic carbocycles. The van der Waals surface area contributed by atoms with Gasteiger partial charge in [0.1, 0.15) is 35.3 Å². The predicted molar refractivity (Wildman–Crippen MR) is 253 cm³/mol. The van der Waals surface area contributed by atoms with Crippen molar-refractivity contribution in [3.05, 3.63) is 59.2 Å². The number of alkyl halides is 2. The molecule has 0 N–H and O–H groups in total. The van der Waals surface area contributed by atoms with E-state index in [1.165, 1.54) is 12.1 Å². The topological polar surface area (TPSA) is 84.0 Å². The molecule has 2 aromatic carbocycles. The number of benzene rings is 2. The van der Waals surface area contributed by atoms with Crippen molar-refractivity contribution >= 4 is 11.8 Å². The maximum absolute atomic E-state index is 14.2. The highest BCUT2D eigenvalue weighted by molar-refractivity contribution is 5.89. The summed E-state index contributed by atoms with van der Waals surface area (Å²) in [5.41, 5.74) is 0.114. The number of hydrogen-bond acceptors (Lipinski definition) is 8. The Morgan fingerprint density at radius 3 is 1.20 bits per heavy atom. The van der Waals surface area contributed by atoms with Crippen LogP contribution in [0.25, 0.3) is 0 Å². The van der Waals surface area contributed by atoms with Gasteiger partial charge in [0.25, 0.3) is 11.8 Å². The van der Waals surface area contributed by atoms with Crippen molar-refractivity contribution in [2.24, 2.45) is 21.7 Å². The van der Waals surface area contributed by atoms with Gasteiger partial charge in [-0.15, -0.1) is 0 Å². The van der Waals surface area contributed by atoms with Crippen molar-refractivity contribution in [1.29, 1.82) is 0 Å². The standard InChI is InChI=1S/2C28H36F2N2O3/c2*29-20-1-2-24(35-22-13-27(14-22)17-34-18-27)23(11-20)19-4-9-31(10-5-19)21-3-6-26(12-21)15-32(16-26)25(33)28(30)7-8-28/h2*1-2,11,19,21-22H,3-10,12-18H2/t2*21-/m10/s1. The summed E-state index contributed by atoms with van der Waals surface area (Å²) < 4.78 is 80.2. The number of carbonyl (C=O) groups excluding carboxylic acids is 2. The Kier molecular flexibility index (Phi) is 11.3. The second-order valence-corrected chi connectivity index (χ2v) is 25.3. The molecule has 2 aromatic rings. The van der Waals surface area contributed by atoms with E-state index < -0.39 is 11.3 Å². The summed E-state index contributed by atoms with van der Waals surface area (Å²) >= 11 is 0. The molecule has 0 aromatic heterocycles. The van der Waals surface area contributed by atoms with Crippen LogP contribution in [-0.4, -0.2) is 146 Å². The van der Waals surface area contributed by atoms with Crippen LogP contribution in [0.2, 0.25) is 0 Å². The number of likely N-dealkylation sites (tertiary alicyclic amines) is 4. The van der Waals surface area contributed by atoms with Crippen molar-refractivity contribution in [3.8, 4) is 11.5 Å². The number of piperidine rings is 2. The van der Waals surface area contributed by atoms with Crippen LogP contribution in [0.1, 0.15) is 139 Å². The normalized spacial score (nSPS) is 31.9. The van der Waals surface area contributed by atoms with Gasteiger partial charge in [-0.25, -0.2) is 17.6 Å². The maximum Gasteiger partial charge on any atom is 0.260 e. The van der Waals surface area contributed by atoms with E-state index in [0.717, 1.165) is 191 Å². The van der Waals surface area contributed by atoms with Crippen LogP contribution in [-0.2, 0) is 19.1 Å². The van der Waals surface area contributed by atoms with Gasteiger partial charge in [-0.3, -0.25) is 9.59 Å². The van der Waals surface area contributed by atoms with Crippen LogP contribution in [0.5, 0.6) is 11.5 Å². The first kappa shape index (κ1) is 46.3. The van der Waals surface area contributed by atoms with Gasteiger partial charge in [-0.1, -0.05) is 0 Å². The zero-order chi connectivity index (χ0) is 47.7. The van der Waals surface area contributed by atoms with E-state index in [9.17, 15) is 27.2 Å². The molecule has 6 saturated heterocycles. The second kappa shape index (κ2) is 17.0. The van der Waals surface area contributed by atoms with E-state index in [2.05, 4.69) is 9.80 Å². The number of amides is 2. The molecular formula is C56H72F4N4O6. The molecule has 0 bridgehead atoms. The number of rotatable bonds is 10. The zero-order valence-electron chi connectivity index (χ0n) is 40.9. The van der Waals surface area contributed by atoms with Gasteiger partial charge < -0.3 is 38.5 Å². The molecule has 4 spiro atoms. The van der Waals surface area contributed by atoms with Crippen LogP contribution in [0, 0.1) is 33.3 Å². The van der Waals surface area contributed by atoms with Crippen LogP contribution < -0.4 is 9.47 Å². The first-order chi connectivity index (χ1) is 33.7. The van der Waals surface area contributed by atoms with Gasteiger partial charge in [-0.2, -0.15) is 0 Å². The molecule has 70 heavy (non-hydrogen) atoms. The zero-order valence-corrected chi connectivity index (χ0v) is 40.9. The lowest BCUT2D eigenvalue weighted by atomic mass is 9.65. The van der Waals surface area contributed by atoms with E-state index in [0.29, 0.717) is 60.4 Å². The highest BCUT2D eigenvalue weighted by Gasteiger charge is 2.60. The molecule has 6 heterocycles. The van der Waals surface area contributed by atoms with Crippen LogP contribution in [0.15, 0.2) is 36.4 Å². The molecule has 10 nitrogen and oxygen atoms in total. The summed E-state index contributed by atoms with van der Waals surface area (Å²) in [6.07, 6.45) is 17.1. The van der Waals surface area contributed by atoms with E-state index in [1.807, 2.05) is 12.1 Å². The molecule has 14 heteroatoms. The second-order valence-electron chi connectivity index (χ2n) is 25.3. The lowest BCUT2D eigenvalue weighted by Crippen LogP contribution is -2.60. The molecule has 2 amide bonds. The van der Waals surface area contributed by atoms with Crippen molar-refractivity contribution in [3.63, 3.8) is 0 Å². The number of carbonyl (C=O) groups is 2. The summed E-state index contributed by atoms with van der Waals surface area (Å²) in [6.45, 7) is 10.4. The quantitative estimate of drug-likeness (QED) is 0.219. The number of nitrogens with zero attached hydrogens (tertiary/aromatic N) is 4. The van der Waals surface area contributed by atoms with Crippen LogP contribution >= 0.6 is 0 Å². The molecule has 12 fully saturated rings. The number of hydrogen-bond donors (Lipinski definition) is 0. The Bertz CT molecular complexity index is 2160. The molecule has 0 unspecified atom stereocenters. The summed E-state index contributed by atoms with van der Waals surface area (Å²) in [5, 5.41) is 0. The highest BCUT2D eigenvalue weighted by atomic mass is 19.2. The van der Waals surface area contributed by atoms with E-state index >= 15 is 0 Å². The summed E-state index contributed by atoms with van der Waals surface area (Å²) in [5.74, 6) is 1.48. The molecular weight excluding hydrogens is 901 g/mol. The average molecular weight is 973 g/mol. The SMILES string of the molecule is O=C(N1CC2(CC[C@@H](N3CCC(c4cc(F)ccc4OC4CC5(COC5)C4)CC3)C2)C1)C1(F)CC1.O=C(N1CC2(CC[C@H](N3CCC(c4cc(F)ccc4OC4CC5(COC5)C4)CC3)C2)C1)C1(F)CC1. The van der Waals surface area contributed by atoms with Crippen molar-refractivity contribution in [2.45, 2.75) is 163 Å². The van der Waals surface area contributed by atoms with Gasteiger partial charge in [0.05, 0.1) is 26.4 Å². The Labute approximate surface area is 410 Å². The van der Waals surface area contributed by atoms with E-state index in [-0.39, 0.29) is 46.5 Å². The minimum absolute atomic E-state index is 0.185. The van der Waals surface area contributed by atoms with E-state index in [4.69, 9.17) is 18.9 Å². The molecule has 6 saturated carbocycles. The molecule has 2 atom stereocenters. The third-order valence-corrected chi connectivity index (χ3v) is 20.0. The van der Waals surface area contributed by atoms with Gasteiger partial charge in [0.15, 0.2) is 11.3 Å². The Morgan fingerprint density at radius 2 is 0.871 bits per heavy atom. The van der Waals surface area contributed by atoms with Crippen molar-refractivity contribution < 1.29 is 46.1 Å². The monoisotopic (exact) mass is 973 g/mol. The third-order valence-electron chi connectivity index (χ3n) is 20.0. The molecule has 6 aliphatic heterocycles. The largest absolute Gasteiger partial charge is 0.490 e. The summed E-state index contributed by atoms with van der Waals surface area (Å²) in [7, 11) is 0. The van der Waals surface area contributed by atoms with Crippen LogP contribution in [0.4, 0.5) is 17.6 Å². The van der Waals surface area contributed by atoms with Crippen molar-refractivity contribution in [2.75, 3.05) is 78.8 Å². The lowest BCUT2D eigenvalue weighted by Gasteiger charge is -2.52. The molecule has 0 radical (unpaired) electrons. The van der Waals surface area contributed by atoms with Gasteiger partial charge in [0.2, 0.25) is 0 Å². The van der Waals surface area contributed by atoms with Crippen LogP contribution in [0.3, 0.4) is 0 Å². The fourth-order valence-electron chi connectivity index (χ4n) is 15.2. The first-order valence-electron chi connectivity index (χ1n) is 27.2. The lowest BCUT2D eigenvalue weighted by molar-refractivity contribution is -0.191. The van der Waals surface area contributed by atoms with Crippen molar-refractivity contribution in [1.82, 2.24) is 19.6 Å². The number of ether oxygens (including phenoxy) is 4. The highest BCUT2D eigenvalue weighted by Crippen LogP contribution is 2.54. The Morgan fingerprint density at radius 1 is 0.500 bits per heavy atom. The third kappa shape index (κ3) is 8.55. The summed E-state index contributed by atoms with van der Waals surface area (Å²) in [4.78, 5) is 33.3. The molecule has 12 aliphatic rings. The summed E-state index contributed by atoms with van der Waals surface area (Å²) in [6, 6.07) is 11.2. The average Bonchev–Trinajstić information content (AvgIpc) is 4.10. The van der Waals surface area contributed by atoms with Gasteiger partial charge >= 0.3 is 0 Å².